The Morgan fingerprint density at radius 3 is 2.58 bits per heavy atom. The fraction of sp³-hybridized carbons (Fsp3) is 0.708. The van der Waals surface area contributed by atoms with Crippen LogP contribution in [0.25, 0.3) is 0 Å². The summed E-state index contributed by atoms with van der Waals surface area (Å²) >= 11 is 6.43. The van der Waals surface area contributed by atoms with Crippen molar-refractivity contribution in [2.45, 2.75) is 88.7 Å². The van der Waals surface area contributed by atoms with Gasteiger partial charge in [-0.3, -0.25) is 4.79 Å². The number of carbonyl (C=O) groups excluding carboxylic acids is 1. The molecule has 1 amide bonds. The molecule has 33 heavy (non-hydrogen) atoms. The number of fused-ring (bicyclic) bond motifs is 5. The summed E-state index contributed by atoms with van der Waals surface area (Å²) < 4.78 is 40.5. The third-order valence-electron chi connectivity index (χ3n) is 7.38. The third-order valence-corrected chi connectivity index (χ3v) is 9.66. The number of piperidine rings is 1. The van der Waals surface area contributed by atoms with E-state index in [0.717, 1.165) is 49.0 Å². The van der Waals surface area contributed by atoms with Gasteiger partial charge in [0.25, 0.3) is 5.91 Å². The van der Waals surface area contributed by atoms with E-state index in [9.17, 15) is 13.2 Å². The number of carbonyl (C=O) groups is 1. The minimum atomic E-state index is -3.47. The number of benzene rings is 1. The Morgan fingerprint density at radius 1 is 1.15 bits per heavy atom. The monoisotopic (exact) mass is 498 g/mol. The van der Waals surface area contributed by atoms with Gasteiger partial charge in [-0.15, -0.1) is 0 Å². The molecule has 1 aromatic carbocycles. The van der Waals surface area contributed by atoms with Crippen molar-refractivity contribution < 1.29 is 22.7 Å². The van der Waals surface area contributed by atoms with Crippen LogP contribution in [0.1, 0.15) is 69.4 Å². The summed E-state index contributed by atoms with van der Waals surface area (Å²) in [6.07, 6.45) is 5.27. The molecule has 1 unspecified atom stereocenters. The minimum Gasteiger partial charge on any atom is -0.483 e. The molecule has 1 N–H and O–H groups in total. The summed E-state index contributed by atoms with van der Waals surface area (Å²) in [4.78, 5) is 15.0. The Bertz CT molecular complexity index is 975. The highest BCUT2D eigenvalue weighted by Gasteiger charge is 2.39. The lowest BCUT2D eigenvalue weighted by molar-refractivity contribution is -0.140. The smallest absolute Gasteiger partial charge is 0.260 e. The summed E-state index contributed by atoms with van der Waals surface area (Å²) in [5.74, 6) is 0.893. The number of rotatable bonds is 3. The Hall–Kier alpha value is -1.35. The second-order valence-electron chi connectivity index (χ2n) is 9.79. The first-order valence-corrected chi connectivity index (χ1v) is 13.9. The zero-order chi connectivity index (χ0) is 23.8. The molecule has 184 valence electrons. The highest BCUT2D eigenvalue weighted by molar-refractivity contribution is 7.90. The maximum Gasteiger partial charge on any atom is 0.260 e. The molecule has 1 saturated heterocycles. The largest absolute Gasteiger partial charge is 0.483 e. The number of halogens is 1. The highest BCUT2D eigenvalue weighted by Crippen LogP contribution is 2.42. The molecule has 7 nitrogen and oxygen atoms in total. The van der Waals surface area contributed by atoms with Crippen LogP contribution in [0.2, 0.25) is 5.02 Å². The fourth-order valence-electron chi connectivity index (χ4n) is 5.34. The van der Waals surface area contributed by atoms with Gasteiger partial charge >= 0.3 is 0 Å². The molecule has 2 fully saturated rings. The van der Waals surface area contributed by atoms with Gasteiger partial charge in [0.1, 0.15) is 5.75 Å². The lowest BCUT2D eigenvalue weighted by atomic mass is 9.80. The number of nitrogens with one attached hydrogen (secondary N) is 1. The van der Waals surface area contributed by atoms with Crippen LogP contribution in [0.4, 0.5) is 0 Å². The van der Waals surface area contributed by atoms with Crippen LogP contribution in [-0.4, -0.2) is 62.4 Å². The van der Waals surface area contributed by atoms with Crippen LogP contribution < -0.4 is 9.46 Å². The number of nitrogens with zero attached hydrogens (tertiary/aromatic N) is 1. The molecule has 3 aliphatic heterocycles. The summed E-state index contributed by atoms with van der Waals surface area (Å²) in [7, 11) is -3.47. The van der Waals surface area contributed by atoms with Gasteiger partial charge in [0.05, 0.1) is 24.0 Å². The van der Waals surface area contributed by atoms with E-state index in [4.69, 9.17) is 21.1 Å². The van der Waals surface area contributed by atoms with E-state index >= 15 is 0 Å². The third kappa shape index (κ3) is 5.34. The molecule has 1 saturated carbocycles. The second kappa shape index (κ2) is 10.1. The van der Waals surface area contributed by atoms with E-state index in [2.05, 4.69) is 4.72 Å². The lowest BCUT2D eigenvalue weighted by Crippen LogP contribution is -2.60. The molecular formula is C24H35ClN2O5S. The maximum atomic E-state index is 13.3. The zero-order valence-corrected chi connectivity index (χ0v) is 21.3. The normalized spacial score (nSPS) is 28.9. The average Bonchev–Trinajstić information content (AvgIpc) is 2.80. The number of amides is 1. The van der Waals surface area contributed by atoms with E-state index in [0.29, 0.717) is 30.5 Å². The molecule has 2 bridgehead atoms. The summed E-state index contributed by atoms with van der Waals surface area (Å²) in [6, 6.07) is 2.97. The van der Waals surface area contributed by atoms with E-state index in [1.165, 1.54) is 0 Å². The van der Waals surface area contributed by atoms with E-state index in [1.54, 1.807) is 18.7 Å². The molecule has 4 aliphatic rings. The number of hydrogen-bond acceptors (Lipinski definition) is 5. The van der Waals surface area contributed by atoms with Gasteiger partial charge in [-0.1, -0.05) is 11.6 Å². The van der Waals surface area contributed by atoms with Crippen LogP contribution in [0.5, 0.6) is 5.75 Å². The maximum absolute atomic E-state index is 13.3. The Balaban J connectivity index is 1.63. The molecule has 0 radical (unpaired) electrons. The van der Waals surface area contributed by atoms with Crippen molar-refractivity contribution in [1.82, 2.24) is 9.62 Å². The SMILES string of the molecule is Cc1c(Cl)ccc2c1[C@H]1CC[C@H](CC1)OCC1[C@@H](NS(=O)(=O)C(C)C)CCCN1C(=O)CO2. The summed E-state index contributed by atoms with van der Waals surface area (Å²) in [5.41, 5.74) is 2.12. The quantitative estimate of drug-likeness (QED) is 0.685. The van der Waals surface area contributed by atoms with Crippen molar-refractivity contribution in [3.8, 4) is 5.75 Å². The van der Waals surface area contributed by atoms with Gasteiger partial charge in [-0.25, -0.2) is 13.1 Å². The van der Waals surface area contributed by atoms with Gasteiger partial charge in [0.2, 0.25) is 10.0 Å². The van der Waals surface area contributed by atoms with E-state index in [1.807, 2.05) is 19.1 Å². The number of hydrogen-bond donors (Lipinski definition) is 1. The second-order valence-corrected chi connectivity index (χ2v) is 12.5. The zero-order valence-electron chi connectivity index (χ0n) is 19.7. The van der Waals surface area contributed by atoms with E-state index < -0.39 is 15.3 Å². The van der Waals surface area contributed by atoms with Crippen molar-refractivity contribution in [2.24, 2.45) is 0 Å². The Morgan fingerprint density at radius 2 is 1.88 bits per heavy atom. The van der Waals surface area contributed by atoms with Crippen LogP contribution in [-0.2, 0) is 19.6 Å². The van der Waals surface area contributed by atoms with E-state index in [-0.39, 0.29) is 30.7 Å². The van der Waals surface area contributed by atoms with Crippen LogP contribution >= 0.6 is 11.6 Å². The standard InChI is InChI=1S/C24H35ClN2O5S/c1-15(2)33(29,30)26-20-5-4-12-27-21(20)13-31-18-8-6-17(7-9-18)24-16(3)19(25)10-11-22(24)32-14-23(27)28/h10-11,15,17-18,20-21,26H,4-9,12-14H2,1-3H3/t17-,18+,20-,21?/m0/s1. The van der Waals surface area contributed by atoms with Gasteiger partial charge in [-0.05, 0) is 82.9 Å². The molecule has 1 aliphatic carbocycles. The highest BCUT2D eigenvalue weighted by atomic mass is 35.5. The van der Waals surface area contributed by atoms with Crippen LogP contribution in [0, 0.1) is 6.92 Å². The van der Waals surface area contributed by atoms with Gasteiger partial charge in [0, 0.05) is 23.2 Å². The minimum absolute atomic E-state index is 0.0929. The molecule has 5 rings (SSSR count). The number of sulfonamides is 1. The lowest BCUT2D eigenvalue weighted by Gasteiger charge is -2.42. The predicted octanol–water partition coefficient (Wildman–Crippen LogP) is 3.77. The first-order valence-electron chi connectivity index (χ1n) is 12.0. The molecular weight excluding hydrogens is 464 g/mol. The summed E-state index contributed by atoms with van der Waals surface area (Å²) in [6.45, 7) is 6.13. The van der Waals surface area contributed by atoms with Crippen LogP contribution in [0.3, 0.4) is 0 Å². The van der Waals surface area contributed by atoms with Gasteiger partial charge in [-0.2, -0.15) is 0 Å². The van der Waals surface area contributed by atoms with Gasteiger partial charge < -0.3 is 14.4 Å². The van der Waals surface area contributed by atoms with Crippen molar-refractivity contribution in [3.63, 3.8) is 0 Å². The van der Waals surface area contributed by atoms with Gasteiger partial charge in [0.15, 0.2) is 6.61 Å². The molecule has 3 heterocycles. The van der Waals surface area contributed by atoms with Crippen molar-refractivity contribution in [1.29, 1.82) is 0 Å². The van der Waals surface area contributed by atoms with Crippen molar-refractivity contribution in [2.75, 3.05) is 19.8 Å². The Kier molecular flexibility index (Phi) is 7.58. The van der Waals surface area contributed by atoms with Crippen LogP contribution in [0.15, 0.2) is 12.1 Å². The molecule has 2 atom stereocenters. The molecule has 9 heteroatoms. The molecule has 0 aromatic heterocycles. The fourth-order valence-corrected chi connectivity index (χ4v) is 6.48. The first kappa shape index (κ1) is 24.8. The topological polar surface area (TPSA) is 84.9 Å². The van der Waals surface area contributed by atoms with Crippen molar-refractivity contribution in [3.05, 3.63) is 28.3 Å². The van der Waals surface area contributed by atoms with Crippen molar-refractivity contribution >= 4 is 27.5 Å². The molecule has 0 spiro atoms. The Labute approximate surface area is 202 Å². The number of ether oxygens (including phenoxy) is 2. The molecule has 1 aromatic rings. The average molecular weight is 499 g/mol. The first-order chi connectivity index (χ1) is 15.7. The predicted molar refractivity (Wildman–Crippen MR) is 128 cm³/mol. The summed E-state index contributed by atoms with van der Waals surface area (Å²) in [5, 5.41) is 0.173.